The summed E-state index contributed by atoms with van der Waals surface area (Å²) in [6.07, 6.45) is 1.69. The van der Waals surface area contributed by atoms with E-state index in [4.69, 9.17) is 0 Å². The molecular formula is C25H27N5O4. The number of hydrogen-bond acceptors (Lipinski definition) is 5. The summed E-state index contributed by atoms with van der Waals surface area (Å²) in [7, 11) is 4.77. The van der Waals surface area contributed by atoms with Crippen LogP contribution >= 0.6 is 0 Å². The first-order chi connectivity index (χ1) is 16.0. The Kier molecular flexibility index (Phi) is 5.43. The van der Waals surface area contributed by atoms with Gasteiger partial charge in [-0.05, 0) is 22.6 Å². The number of aryl methyl sites for hydroxylation is 1. The van der Waals surface area contributed by atoms with E-state index >= 15 is 0 Å². The molecule has 0 aliphatic rings. The van der Waals surface area contributed by atoms with Crippen LogP contribution in [0.25, 0.3) is 27.8 Å². The Morgan fingerprint density at radius 2 is 1.62 bits per heavy atom. The SMILES string of the molecule is CNc1ccc([N+](=O)[O-])cc1-n1cc2c(c1-c1ccc(C(C)(C)C)cc1)c(=O)n(C)c(=O)n2C. The van der Waals surface area contributed by atoms with Crippen molar-refractivity contribution < 1.29 is 4.92 Å². The van der Waals surface area contributed by atoms with E-state index in [-0.39, 0.29) is 11.1 Å². The largest absolute Gasteiger partial charge is 0.386 e. The van der Waals surface area contributed by atoms with Gasteiger partial charge in [0.15, 0.2) is 0 Å². The zero-order valence-corrected chi connectivity index (χ0v) is 20.0. The maximum Gasteiger partial charge on any atom is 0.330 e. The molecule has 2 aromatic heterocycles. The molecular weight excluding hydrogens is 434 g/mol. The van der Waals surface area contributed by atoms with Crippen molar-refractivity contribution in [1.29, 1.82) is 0 Å². The summed E-state index contributed by atoms with van der Waals surface area (Å²) in [5.74, 6) is 0. The summed E-state index contributed by atoms with van der Waals surface area (Å²) in [6, 6.07) is 12.4. The zero-order valence-electron chi connectivity index (χ0n) is 20.0. The monoisotopic (exact) mass is 461 g/mol. The molecule has 0 radical (unpaired) electrons. The smallest absolute Gasteiger partial charge is 0.330 e. The Bertz CT molecular complexity index is 1550. The molecule has 0 fully saturated rings. The number of fused-ring (bicyclic) bond motifs is 1. The van der Waals surface area contributed by atoms with Crippen molar-refractivity contribution in [3.8, 4) is 16.9 Å². The molecule has 0 aliphatic carbocycles. The topological polar surface area (TPSA) is 104 Å². The van der Waals surface area contributed by atoms with Crippen LogP contribution < -0.4 is 16.6 Å². The van der Waals surface area contributed by atoms with E-state index in [0.29, 0.717) is 28.0 Å². The minimum absolute atomic E-state index is 0.0536. The first-order valence-electron chi connectivity index (χ1n) is 10.8. The summed E-state index contributed by atoms with van der Waals surface area (Å²) in [4.78, 5) is 37.0. The lowest BCUT2D eigenvalue weighted by Crippen LogP contribution is -2.36. The molecule has 0 bridgehead atoms. The first kappa shape index (κ1) is 23.0. The van der Waals surface area contributed by atoms with Gasteiger partial charge in [-0.15, -0.1) is 0 Å². The van der Waals surface area contributed by atoms with Crippen LogP contribution in [-0.2, 0) is 19.5 Å². The Morgan fingerprint density at radius 3 is 2.18 bits per heavy atom. The third-order valence-corrected chi connectivity index (χ3v) is 6.18. The van der Waals surface area contributed by atoms with Crippen LogP contribution in [0.4, 0.5) is 11.4 Å². The predicted octanol–water partition coefficient (Wildman–Crippen LogP) is 3.94. The normalized spacial score (nSPS) is 11.7. The van der Waals surface area contributed by atoms with Crippen molar-refractivity contribution >= 4 is 22.3 Å². The minimum Gasteiger partial charge on any atom is -0.386 e. The highest BCUT2D eigenvalue weighted by atomic mass is 16.6. The number of anilines is 1. The van der Waals surface area contributed by atoms with Crippen molar-refractivity contribution in [2.75, 3.05) is 12.4 Å². The van der Waals surface area contributed by atoms with Crippen molar-refractivity contribution in [3.05, 3.63) is 85.2 Å². The standard InChI is InChI=1S/C25H27N5O4/c1-25(2,3)16-9-7-15(8-10-16)22-21-20(27(5)24(32)28(6)23(21)31)14-29(22)19-13-17(30(33)34)11-12-18(19)26-4/h7-14,26H,1-6H3. The molecule has 2 heterocycles. The van der Waals surface area contributed by atoms with E-state index in [2.05, 4.69) is 26.1 Å². The summed E-state index contributed by atoms with van der Waals surface area (Å²) in [5, 5.41) is 14.9. The molecule has 4 rings (SSSR count). The van der Waals surface area contributed by atoms with Crippen molar-refractivity contribution in [2.45, 2.75) is 26.2 Å². The Balaban J connectivity index is 2.16. The zero-order chi connectivity index (χ0) is 24.9. The van der Waals surface area contributed by atoms with E-state index in [9.17, 15) is 19.7 Å². The molecule has 0 atom stereocenters. The van der Waals surface area contributed by atoms with Gasteiger partial charge in [-0.25, -0.2) is 4.79 Å². The number of aromatic nitrogens is 3. The third kappa shape index (κ3) is 3.59. The van der Waals surface area contributed by atoms with E-state index in [1.807, 2.05) is 24.3 Å². The molecule has 0 spiro atoms. The first-order valence-corrected chi connectivity index (χ1v) is 10.8. The van der Waals surface area contributed by atoms with Crippen LogP contribution in [0.5, 0.6) is 0 Å². The van der Waals surface area contributed by atoms with Crippen molar-refractivity contribution in [3.63, 3.8) is 0 Å². The average molecular weight is 462 g/mol. The number of non-ortho nitro benzene ring substituents is 1. The Labute approximate surface area is 196 Å². The number of nitrogens with zero attached hydrogens (tertiary/aromatic N) is 4. The van der Waals surface area contributed by atoms with E-state index < -0.39 is 16.2 Å². The van der Waals surface area contributed by atoms with Crippen LogP contribution in [0, 0.1) is 10.1 Å². The average Bonchev–Trinajstić information content (AvgIpc) is 3.21. The lowest BCUT2D eigenvalue weighted by molar-refractivity contribution is -0.384. The quantitative estimate of drug-likeness (QED) is 0.366. The predicted molar refractivity (Wildman–Crippen MR) is 134 cm³/mol. The summed E-state index contributed by atoms with van der Waals surface area (Å²) < 4.78 is 4.24. The Morgan fingerprint density at radius 1 is 0.971 bits per heavy atom. The summed E-state index contributed by atoms with van der Waals surface area (Å²) >= 11 is 0. The van der Waals surface area contributed by atoms with Crippen LogP contribution in [0.15, 0.2) is 58.3 Å². The van der Waals surface area contributed by atoms with E-state index in [0.717, 1.165) is 15.7 Å². The van der Waals surface area contributed by atoms with Gasteiger partial charge < -0.3 is 9.88 Å². The van der Waals surface area contributed by atoms with Crippen LogP contribution in [0.1, 0.15) is 26.3 Å². The van der Waals surface area contributed by atoms with Crippen LogP contribution in [-0.4, -0.2) is 25.7 Å². The fourth-order valence-electron chi connectivity index (χ4n) is 4.19. The van der Waals surface area contributed by atoms with Gasteiger partial charge in [-0.3, -0.25) is 24.0 Å². The molecule has 34 heavy (non-hydrogen) atoms. The molecule has 2 aromatic carbocycles. The van der Waals surface area contributed by atoms with E-state index in [1.54, 1.807) is 30.9 Å². The summed E-state index contributed by atoms with van der Waals surface area (Å²) in [5.41, 5.74) is 3.01. The highest BCUT2D eigenvalue weighted by molar-refractivity contribution is 5.95. The molecule has 0 aliphatic heterocycles. The molecule has 9 heteroatoms. The van der Waals surface area contributed by atoms with Gasteiger partial charge >= 0.3 is 5.69 Å². The molecule has 0 unspecified atom stereocenters. The Hall–Kier alpha value is -4.14. The molecule has 0 saturated heterocycles. The number of hydrogen-bond donors (Lipinski definition) is 1. The minimum atomic E-state index is -0.460. The number of nitro groups is 1. The molecule has 1 N–H and O–H groups in total. The molecule has 0 saturated carbocycles. The second kappa shape index (κ2) is 8.02. The van der Waals surface area contributed by atoms with Crippen LogP contribution in [0.3, 0.4) is 0 Å². The number of rotatable bonds is 4. The fourth-order valence-corrected chi connectivity index (χ4v) is 4.19. The number of nitrogens with one attached hydrogen (secondary N) is 1. The lowest BCUT2D eigenvalue weighted by atomic mass is 9.86. The van der Waals surface area contributed by atoms with Gasteiger partial charge in [0.1, 0.15) is 0 Å². The lowest BCUT2D eigenvalue weighted by Gasteiger charge is -2.20. The molecule has 176 valence electrons. The summed E-state index contributed by atoms with van der Waals surface area (Å²) in [6.45, 7) is 6.36. The maximum atomic E-state index is 13.3. The maximum absolute atomic E-state index is 13.3. The van der Waals surface area contributed by atoms with Gasteiger partial charge in [0.2, 0.25) is 0 Å². The molecule has 4 aromatic rings. The van der Waals surface area contributed by atoms with Gasteiger partial charge in [0.05, 0.1) is 32.9 Å². The second-order valence-electron chi connectivity index (χ2n) is 9.35. The van der Waals surface area contributed by atoms with Crippen molar-refractivity contribution in [1.82, 2.24) is 13.7 Å². The third-order valence-electron chi connectivity index (χ3n) is 6.18. The van der Waals surface area contributed by atoms with E-state index in [1.165, 1.54) is 23.7 Å². The number of benzene rings is 2. The molecule has 0 amide bonds. The van der Waals surface area contributed by atoms with Gasteiger partial charge in [-0.2, -0.15) is 0 Å². The van der Waals surface area contributed by atoms with Crippen LogP contribution in [0.2, 0.25) is 0 Å². The van der Waals surface area contributed by atoms with Gasteiger partial charge in [-0.1, -0.05) is 45.0 Å². The van der Waals surface area contributed by atoms with Gasteiger partial charge in [0.25, 0.3) is 11.2 Å². The number of nitro benzene ring substituents is 1. The fraction of sp³-hybridized carbons (Fsp3) is 0.280. The second-order valence-corrected chi connectivity index (χ2v) is 9.35. The van der Waals surface area contributed by atoms with Crippen molar-refractivity contribution in [2.24, 2.45) is 14.1 Å². The molecule has 9 nitrogen and oxygen atoms in total. The van der Waals surface area contributed by atoms with Gasteiger partial charge in [0, 0.05) is 39.5 Å². The highest BCUT2D eigenvalue weighted by Gasteiger charge is 2.23. The highest BCUT2D eigenvalue weighted by Crippen LogP contribution is 2.36.